The number of Topliss-reactive ketones (excluding diaryl/α,β-unsaturated/α-hetero) is 1. The number of benzene rings is 1. The second kappa shape index (κ2) is 4.45. The molecule has 3 heteroatoms. The lowest BCUT2D eigenvalue weighted by molar-refractivity contribution is -0.121. The molecule has 4 rings (SSSR count). The highest BCUT2D eigenvalue weighted by Crippen LogP contribution is 2.44. The molecule has 3 nitrogen and oxygen atoms in total. The van der Waals surface area contributed by atoms with Gasteiger partial charge in [-0.1, -0.05) is 30.3 Å². The van der Waals surface area contributed by atoms with Gasteiger partial charge in [-0.3, -0.25) is 9.69 Å². The first-order valence-corrected chi connectivity index (χ1v) is 7.44. The van der Waals surface area contributed by atoms with Crippen LogP contribution in [0.5, 0.6) is 0 Å². The van der Waals surface area contributed by atoms with Crippen LogP contribution in [0, 0.1) is 0 Å². The van der Waals surface area contributed by atoms with Crippen molar-refractivity contribution in [2.45, 2.75) is 43.9 Å². The molecule has 0 amide bonds. The predicted octanol–water partition coefficient (Wildman–Crippen LogP) is 2.84. The summed E-state index contributed by atoms with van der Waals surface area (Å²) in [4.78, 5) is 14.9. The number of nitrogens with zero attached hydrogens (tertiary/aromatic N) is 1. The molecule has 1 unspecified atom stereocenters. The molecule has 3 atom stereocenters. The maximum atomic E-state index is 12.6. The molecule has 1 aromatic carbocycles. The molecule has 20 heavy (non-hydrogen) atoms. The first-order valence-electron chi connectivity index (χ1n) is 7.44. The third-order valence-corrected chi connectivity index (χ3v) is 5.02. The van der Waals surface area contributed by atoms with Crippen LogP contribution < -0.4 is 0 Å². The summed E-state index contributed by atoms with van der Waals surface area (Å²) >= 11 is 0. The van der Waals surface area contributed by atoms with E-state index in [-0.39, 0.29) is 11.9 Å². The van der Waals surface area contributed by atoms with Gasteiger partial charge in [0, 0.05) is 18.5 Å². The van der Waals surface area contributed by atoms with Crippen molar-refractivity contribution in [1.82, 2.24) is 4.90 Å². The lowest BCUT2D eigenvalue weighted by atomic mass is 9.89. The summed E-state index contributed by atoms with van der Waals surface area (Å²) in [6.07, 6.45) is 3.58. The molecule has 0 spiro atoms. The van der Waals surface area contributed by atoms with Crippen LogP contribution in [0.2, 0.25) is 0 Å². The van der Waals surface area contributed by atoms with Crippen molar-refractivity contribution in [3.05, 3.63) is 47.2 Å². The summed E-state index contributed by atoms with van der Waals surface area (Å²) in [6.45, 7) is 0. The van der Waals surface area contributed by atoms with Crippen molar-refractivity contribution in [2.75, 3.05) is 7.05 Å². The third-order valence-electron chi connectivity index (χ3n) is 5.02. The Kier molecular flexibility index (Phi) is 2.71. The molecule has 1 fully saturated rings. The quantitative estimate of drug-likeness (QED) is 0.785. The van der Waals surface area contributed by atoms with Crippen LogP contribution in [-0.2, 0) is 9.53 Å². The number of rotatable bonds is 1. The number of likely N-dealkylation sites (N-methyl/N-ethyl adjacent to an activating group) is 1. The van der Waals surface area contributed by atoms with Gasteiger partial charge in [-0.05, 0) is 25.5 Å². The number of ketones is 1. The van der Waals surface area contributed by atoms with Gasteiger partial charge >= 0.3 is 0 Å². The minimum absolute atomic E-state index is 0.0924. The van der Waals surface area contributed by atoms with E-state index in [1.807, 2.05) is 30.3 Å². The van der Waals surface area contributed by atoms with E-state index in [0.717, 1.165) is 29.7 Å². The van der Waals surface area contributed by atoms with Crippen LogP contribution >= 0.6 is 0 Å². The van der Waals surface area contributed by atoms with Crippen molar-refractivity contribution in [2.24, 2.45) is 0 Å². The predicted molar refractivity (Wildman–Crippen MR) is 76.1 cm³/mol. The van der Waals surface area contributed by atoms with E-state index in [1.54, 1.807) is 0 Å². The second-order valence-corrected chi connectivity index (χ2v) is 6.10. The van der Waals surface area contributed by atoms with Crippen molar-refractivity contribution in [3.63, 3.8) is 0 Å². The molecule has 3 aliphatic rings. The minimum Gasteiger partial charge on any atom is -0.489 e. The zero-order chi connectivity index (χ0) is 13.7. The Morgan fingerprint density at radius 1 is 1.15 bits per heavy atom. The Labute approximate surface area is 119 Å². The summed E-state index contributed by atoms with van der Waals surface area (Å²) in [5.74, 6) is 1.26. The summed E-state index contributed by atoms with van der Waals surface area (Å²) in [5, 5.41) is 0. The molecule has 104 valence electrons. The highest BCUT2D eigenvalue weighted by Gasteiger charge is 2.45. The van der Waals surface area contributed by atoms with Crippen LogP contribution in [-0.4, -0.2) is 29.8 Å². The van der Waals surface area contributed by atoms with Crippen molar-refractivity contribution < 1.29 is 9.53 Å². The van der Waals surface area contributed by atoms with E-state index >= 15 is 0 Å². The molecule has 0 radical (unpaired) electrons. The molecule has 1 aromatic rings. The Morgan fingerprint density at radius 3 is 2.75 bits per heavy atom. The second-order valence-electron chi connectivity index (χ2n) is 6.10. The number of carbonyl (C=O) groups excluding carboxylic acids is 1. The first-order chi connectivity index (χ1) is 9.74. The monoisotopic (exact) mass is 269 g/mol. The van der Waals surface area contributed by atoms with E-state index < -0.39 is 0 Å². The molecule has 0 aromatic heterocycles. The largest absolute Gasteiger partial charge is 0.489 e. The fourth-order valence-corrected chi connectivity index (χ4v) is 3.91. The van der Waals surface area contributed by atoms with E-state index in [0.29, 0.717) is 18.5 Å². The van der Waals surface area contributed by atoms with Gasteiger partial charge in [0.05, 0.1) is 12.0 Å². The summed E-state index contributed by atoms with van der Waals surface area (Å²) < 4.78 is 6.21. The fraction of sp³-hybridized carbons (Fsp3) is 0.471. The molecule has 0 aliphatic carbocycles. The highest BCUT2D eigenvalue weighted by atomic mass is 16.5. The third kappa shape index (κ3) is 1.73. The lowest BCUT2D eigenvalue weighted by Gasteiger charge is -2.38. The summed E-state index contributed by atoms with van der Waals surface area (Å²) in [5.41, 5.74) is 2.08. The van der Waals surface area contributed by atoms with Crippen LogP contribution in [0.3, 0.4) is 0 Å². The lowest BCUT2D eigenvalue weighted by Crippen LogP contribution is -2.42. The minimum atomic E-state index is -0.0924. The van der Waals surface area contributed by atoms with E-state index in [4.69, 9.17) is 4.74 Å². The van der Waals surface area contributed by atoms with Crippen LogP contribution in [0.1, 0.15) is 37.4 Å². The fourth-order valence-electron chi connectivity index (χ4n) is 3.91. The average Bonchev–Trinajstić information content (AvgIpc) is 2.72. The molecule has 0 N–H and O–H groups in total. The van der Waals surface area contributed by atoms with Gasteiger partial charge in [0.25, 0.3) is 0 Å². The van der Waals surface area contributed by atoms with Gasteiger partial charge in [0.2, 0.25) is 0 Å². The first kappa shape index (κ1) is 12.2. The Hall–Kier alpha value is -1.61. The van der Waals surface area contributed by atoms with E-state index in [9.17, 15) is 4.79 Å². The number of ether oxygens (including phenoxy) is 1. The van der Waals surface area contributed by atoms with Crippen LogP contribution in [0.4, 0.5) is 0 Å². The SMILES string of the molecule is CN1C2CC[C@@H]1CC1=C2C(=O)C[C@@H](c2ccccc2)O1. The molecule has 3 heterocycles. The average molecular weight is 269 g/mol. The molecule has 1 saturated heterocycles. The number of hydrogen-bond donors (Lipinski definition) is 0. The standard InChI is InChI=1S/C17H19NO2/c1-18-12-7-8-13(18)17-14(19)10-15(20-16(17)9-12)11-5-3-2-4-6-11/h2-6,12-13,15H,7-10H2,1H3/t12-,13?,15+/m1/s1. The normalized spacial score (nSPS) is 33.0. The van der Waals surface area contributed by atoms with Gasteiger partial charge in [0.15, 0.2) is 5.78 Å². The zero-order valence-electron chi connectivity index (χ0n) is 11.7. The smallest absolute Gasteiger partial charge is 0.167 e. The topological polar surface area (TPSA) is 29.5 Å². The highest BCUT2D eigenvalue weighted by molar-refractivity contribution is 5.98. The van der Waals surface area contributed by atoms with Crippen molar-refractivity contribution >= 4 is 5.78 Å². The molecular formula is C17H19NO2. The summed E-state index contributed by atoms with van der Waals surface area (Å²) in [7, 11) is 2.14. The molecular weight excluding hydrogens is 250 g/mol. The van der Waals surface area contributed by atoms with Gasteiger partial charge in [-0.2, -0.15) is 0 Å². The van der Waals surface area contributed by atoms with Gasteiger partial charge in [-0.25, -0.2) is 0 Å². The number of fused-ring (bicyclic) bond motifs is 3. The zero-order valence-corrected chi connectivity index (χ0v) is 11.7. The Bertz CT molecular complexity index is 578. The van der Waals surface area contributed by atoms with Crippen molar-refractivity contribution in [3.8, 4) is 0 Å². The van der Waals surface area contributed by atoms with Crippen LogP contribution in [0.15, 0.2) is 41.7 Å². The van der Waals surface area contributed by atoms with Gasteiger partial charge < -0.3 is 4.74 Å². The molecule has 3 aliphatic heterocycles. The van der Waals surface area contributed by atoms with E-state index in [1.165, 1.54) is 6.42 Å². The van der Waals surface area contributed by atoms with Gasteiger partial charge in [0.1, 0.15) is 11.9 Å². The van der Waals surface area contributed by atoms with Crippen LogP contribution in [0.25, 0.3) is 0 Å². The Balaban J connectivity index is 1.68. The number of carbonyl (C=O) groups is 1. The summed E-state index contributed by atoms with van der Waals surface area (Å²) in [6, 6.07) is 11.0. The maximum absolute atomic E-state index is 12.6. The maximum Gasteiger partial charge on any atom is 0.167 e. The van der Waals surface area contributed by atoms with Gasteiger partial charge in [-0.15, -0.1) is 0 Å². The Morgan fingerprint density at radius 2 is 1.95 bits per heavy atom. The van der Waals surface area contributed by atoms with Crippen molar-refractivity contribution in [1.29, 1.82) is 0 Å². The van der Waals surface area contributed by atoms with E-state index in [2.05, 4.69) is 11.9 Å². The molecule has 2 bridgehead atoms. The number of hydrogen-bond acceptors (Lipinski definition) is 3. The molecule has 0 saturated carbocycles.